The summed E-state index contributed by atoms with van der Waals surface area (Å²) in [5.41, 5.74) is 4.37. The number of aryl methyl sites for hydroxylation is 1. The highest BCUT2D eigenvalue weighted by molar-refractivity contribution is 5.83. The molecule has 1 saturated heterocycles. The number of ether oxygens (including phenoxy) is 1. The Morgan fingerprint density at radius 2 is 2.00 bits per heavy atom. The lowest BCUT2D eigenvalue weighted by atomic mass is 9.82. The normalized spacial score (nSPS) is 16.2. The molecule has 144 valence electrons. The number of rotatable bonds is 5. The second-order valence-electron chi connectivity index (χ2n) is 7.87. The molecule has 0 saturated carbocycles. The largest absolute Gasteiger partial charge is 0.481 e. The van der Waals surface area contributed by atoms with Gasteiger partial charge in [0.2, 0.25) is 5.88 Å². The molecule has 1 fully saturated rings. The van der Waals surface area contributed by atoms with E-state index in [9.17, 15) is 9.90 Å². The van der Waals surface area contributed by atoms with Crippen LogP contribution < -0.4 is 9.64 Å². The van der Waals surface area contributed by atoms with Crippen LogP contribution in [0.15, 0.2) is 24.4 Å². The van der Waals surface area contributed by atoms with Gasteiger partial charge in [-0.2, -0.15) is 0 Å². The molecule has 1 N–H and O–H groups in total. The van der Waals surface area contributed by atoms with E-state index >= 15 is 0 Å². The number of aromatic nitrogens is 2. The molecule has 1 aliphatic heterocycles. The molecule has 6 nitrogen and oxygen atoms in total. The molecule has 0 radical (unpaired) electrons. The van der Waals surface area contributed by atoms with Crippen LogP contribution in [0.4, 0.5) is 5.69 Å². The molecule has 3 heterocycles. The zero-order valence-corrected chi connectivity index (χ0v) is 16.5. The first-order valence-corrected chi connectivity index (χ1v) is 9.27. The molecule has 0 aromatic carbocycles. The Bertz CT molecular complexity index is 839. The van der Waals surface area contributed by atoms with Crippen molar-refractivity contribution in [2.24, 2.45) is 5.41 Å². The van der Waals surface area contributed by atoms with Crippen LogP contribution in [-0.4, -0.2) is 41.2 Å². The number of hydrogen-bond acceptors (Lipinski definition) is 5. The summed E-state index contributed by atoms with van der Waals surface area (Å²) < 4.78 is 5.27. The van der Waals surface area contributed by atoms with Gasteiger partial charge >= 0.3 is 5.97 Å². The number of piperidine rings is 1. The molecule has 0 aliphatic carbocycles. The maximum atomic E-state index is 11.5. The predicted molar refractivity (Wildman–Crippen MR) is 105 cm³/mol. The van der Waals surface area contributed by atoms with Gasteiger partial charge in [0.1, 0.15) is 0 Å². The number of anilines is 1. The van der Waals surface area contributed by atoms with Crippen molar-refractivity contribution in [3.05, 3.63) is 35.7 Å². The van der Waals surface area contributed by atoms with E-state index in [0.717, 1.165) is 54.1 Å². The number of methoxy groups -OCH3 is 1. The van der Waals surface area contributed by atoms with Crippen LogP contribution in [0.5, 0.6) is 5.88 Å². The molecular formula is C21H27N3O3. The van der Waals surface area contributed by atoms with Gasteiger partial charge in [0, 0.05) is 42.2 Å². The number of carboxylic acids is 1. The minimum Gasteiger partial charge on any atom is -0.481 e. The maximum Gasteiger partial charge on any atom is 0.307 e. The molecule has 0 amide bonds. The lowest BCUT2D eigenvalue weighted by molar-refractivity contribution is -0.136. The Hall–Kier alpha value is -2.63. The molecule has 2 aromatic rings. The van der Waals surface area contributed by atoms with Crippen molar-refractivity contribution < 1.29 is 14.6 Å². The van der Waals surface area contributed by atoms with Gasteiger partial charge in [0.25, 0.3) is 0 Å². The van der Waals surface area contributed by atoms with Crippen LogP contribution in [0, 0.1) is 12.3 Å². The van der Waals surface area contributed by atoms with E-state index < -0.39 is 5.97 Å². The lowest BCUT2D eigenvalue weighted by Gasteiger charge is -2.40. The summed E-state index contributed by atoms with van der Waals surface area (Å²) >= 11 is 0. The number of carbonyl (C=O) groups is 1. The monoisotopic (exact) mass is 369 g/mol. The summed E-state index contributed by atoms with van der Waals surface area (Å²) in [6, 6.07) is 5.60. The minimum absolute atomic E-state index is 0.0497. The van der Waals surface area contributed by atoms with Crippen molar-refractivity contribution in [2.75, 3.05) is 25.1 Å². The van der Waals surface area contributed by atoms with Crippen LogP contribution in [0.3, 0.4) is 0 Å². The number of carboxylic acid groups (broad SMARTS) is 1. The molecule has 1 aliphatic rings. The third-order valence-corrected chi connectivity index (χ3v) is 5.33. The molecule has 2 aromatic heterocycles. The van der Waals surface area contributed by atoms with E-state index in [1.54, 1.807) is 19.4 Å². The smallest absolute Gasteiger partial charge is 0.307 e. The zero-order valence-electron chi connectivity index (χ0n) is 16.5. The first-order chi connectivity index (χ1) is 12.8. The fraction of sp³-hybridized carbons (Fsp3) is 0.476. The van der Waals surface area contributed by atoms with Crippen molar-refractivity contribution in [2.45, 2.75) is 40.0 Å². The fourth-order valence-corrected chi connectivity index (χ4v) is 3.56. The first-order valence-electron chi connectivity index (χ1n) is 9.27. The molecule has 0 atom stereocenters. The predicted octanol–water partition coefficient (Wildman–Crippen LogP) is 3.71. The lowest BCUT2D eigenvalue weighted by Crippen LogP contribution is -2.38. The highest BCUT2D eigenvalue weighted by Crippen LogP contribution is 2.39. The summed E-state index contributed by atoms with van der Waals surface area (Å²) in [5.74, 6) is -0.326. The quantitative estimate of drug-likeness (QED) is 0.866. The van der Waals surface area contributed by atoms with Gasteiger partial charge in [0.15, 0.2) is 0 Å². The van der Waals surface area contributed by atoms with E-state index in [2.05, 4.69) is 28.7 Å². The fourth-order valence-electron chi connectivity index (χ4n) is 3.56. The van der Waals surface area contributed by atoms with Crippen LogP contribution in [0.25, 0.3) is 11.3 Å². The first kappa shape index (κ1) is 19.1. The average molecular weight is 369 g/mol. The second-order valence-corrected chi connectivity index (χ2v) is 7.87. The third kappa shape index (κ3) is 4.21. The van der Waals surface area contributed by atoms with E-state index in [-0.39, 0.29) is 6.42 Å². The Labute approximate surface area is 160 Å². The number of hydrogen-bond donors (Lipinski definition) is 1. The van der Waals surface area contributed by atoms with E-state index in [0.29, 0.717) is 11.3 Å². The van der Waals surface area contributed by atoms with Crippen LogP contribution >= 0.6 is 0 Å². The van der Waals surface area contributed by atoms with Gasteiger partial charge in [-0.05, 0) is 31.2 Å². The van der Waals surface area contributed by atoms with Gasteiger partial charge in [-0.25, -0.2) is 4.98 Å². The van der Waals surface area contributed by atoms with Crippen LogP contribution in [0.2, 0.25) is 0 Å². The summed E-state index contributed by atoms with van der Waals surface area (Å²) in [6.45, 7) is 8.22. The molecule has 0 bridgehead atoms. The Balaban J connectivity index is 2.13. The van der Waals surface area contributed by atoms with Crippen molar-refractivity contribution in [3.63, 3.8) is 0 Å². The highest BCUT2D eigenvalue weighted by Gasteiger charge is 2.29. The Kier molecular flexibility index (Phi) is 5.35. The summed E-state index contributed by atoms with van der Waals surface area (Å²) in [7, 11) is 1.59. The number of nitrogens with zero attached hydrogens (tertiary/aromatic N) is 3. The highest BCUT2D eigenvalue weighted by atomic mass is 16.5. The zero-order chi connectivity index (χ0) is 19.6. The number of aliphatic carboxylic acids is 1. The second kappa shape index (κ2) is 7.55. The van der Waals surface area contributed by atoms with Gasteiger partial charge in [-0.3, -0.25) is 9.78 Å². The maximum absolute atomic E-state index is 11.5. The molecule has 3 rings (SSSR count). The Morgan fingerprint density at radius 1 is 1.30 bits per heavy atom. The third-order valence-electron chi connectivity index (χ3n) is 5.33. The molecule has 27 heavy (non-hydrogen) atoms. The van der Waals surface area contributed by atoms with Crippen molar-refractivity contribution in [1.29, 1.82) is 0 Å². The molecular weight excluding hydrogens is 342 g/mol. The van der Waals surface area contributed by atoms with Gasteiger partial charge < -0.3 is 14.7 Å². The topological polar surface area (TPSA) is 75.6 Å². The van der Waals surface area contributed by atoms with Crippen molar-refractivity contribution >= 4 is 11.7 Å². The van der Waals surface area contributed by atoms with E-state index in [1.807, 2.05) is 19.1 Å². The number of pyridine rings is 2. The van der Waals surface area contributed by atoms with Crippen LogP contribution in [-0.2, 0) is 11.2 Å². The molecule has 6 heteroatoms. The van der Waals surface area contributed by atoms with Gasteiger partial charge in [0.05, 0.1) is 24.9 Å². The van der Waals surface area contributed by atoms with Gasteiger partial charge in [-0.15, -0.1) is 0 Å². The average Bonchev–Trinajstić information content (AvgIpc) is 2.63. The van der Waals surface area contributed by atoms with Crippen molar-refractivity contribution in [3.8, 4) is 17.1 Å². The summed E-state index contributed by atoms with van der Waals surface area (Å²) in [4.78, 5) is 22.9. The standard InChI is InChI=1S/C21H27N3O3/c1-14-15(12-19(25)26)20(24-10-8-21(2,3)9-11-24)16(13-22-14)17-6-5-7-18(23-17)27-4/h5-7,13H,8-12H2,1-4H3,(H,25,26). The van der Waals surface area contributed by atoms with Crippen LogP contribution in [0.1, 0.15) is 37.9 Å². The van der Waals surface area contributed by atoms with E-state index in [4.69, 9.17) is 4.74 Å². The Morgan fingerprint density at radius 3 is 2.63 bits per heavy atom. The van der Waals surface area contributed by atoms with Crippen molar-refractivity contribution in [1.82, 2.24) is 9.97 Å². The summed E-state index contributed by atoms with van der Waals surface area (Å²) in [6.07, 6.45) is 3.88. The minimum atomic E-state index is -0.853. The molecule has 0 spiro atoms. The molecule has 0 unspecified atom stereocenters. The SMILES string of the molecule is COc1cccc(-c2cnc(C)c(CC(=O)O)c2N2CCC(C)(C)CC2)n1. The van der Waals surface area contributed by atoms with E-state index in [1.165, 1.54) is 0 Å². The summed E-state index contributed by atoms with van der Waals surface area (Å²) in [5, 5.41) is 9.46. The van der Waals surface area contributed by atoms with Gasteiger partial charge in [-0.1, -0.05) is 19.9 Å².